The molecule has 0 heteroatoms. The standard InChI is InChI=1S/C30H22/c1-3-9-19(10-4-1)17-25-23-15-16-24-27-21-13-7-8-14-22(21)29(30(24)28(23)25)26(27)18-20-11-5-2-6-12-20/h1-16,25-26H,17-18H2. The minimum Gasteiger partial charge on any atom is -0.0622 e. The molecule has 4 aromatic carbocycles. The van der Waals surface area contributed by atoms with E-state index in [4.69, 9.17) is 0 Å². The highest BCUT2D eigenvalue weighted by Gasteiger charge is 2.45. The SMILES string of the molecule is c1ccc(CC2C3=c4ccccc4=C2c2c3ccc3c2C3Cc2ccccc2)cc1. The third-order valence-corrected chi connectivity index (χ3v) is 7.25. The lowest BCUT2D eigenvalue weighted by Crippen LogP contribution is -2.26. The first-order valence-corrected chi connectivity index (χ1v) is 11.0. The second-order valence-electron chi connectivity index (χ2n) is 8.85. The van der Waals surface area contributed by atoms with Gasteiger partial charge >= 0.3 is 0 Å². The molecule has 0 saturated heterocycles. The predicted octanol–water partition coefficient (Wildman–Crippen LogP) is 4.96. The minimum absolute atomic E-state index is 0.490. The van der Waals surface area contributed by atoms with Crippen LogP contribution in [0.3, 0.4) is 0 Å². The fraction of sp³-hybridized carbons (Fsp3) is 0.133. The molecule has 0 nitrogen and oxygen atoms in total. The second kappa shape index (κ2) is 6.06. The van der Waals surface area contributed by atoms with Crippen LogP contribution < -0.4 is 10.4 Å². The fourth-order valence-electron chi connectivity index (χ4n) is 5.96. The first kappa shape index (κ1) is 16.4. The van der Waals surface area contributed by atoms with Crippen molar-refractivity contribution in [3.63, 3.8) is 0 Å². The van der Waals surface area contributed by atoms with Gasteiger partial charge in [-0.15, -0.1) is 0 Å². The maximum Gasteiger partial charge on any atom is 0.0154 e. The highest BCUT2D eigenvalue weighted by atomic mass is 14.5. The molecule has 4 aromatic rings. The van der Waals surface area contributed by atoms with Crippen LogP contribution in [-0.2, 0) is 12.8 Å². The van der Waals surface area contributed by atoms with Crippen molar-refractivity contribution in [1.82, 2.24) is 0 Å². The van der Waals surface area contributed by atoms with Crippen LogP contribution in [-0.4, -0.2) is 0 Å². The molecule has 3 aliphatic rings. The Bertz CT molecular complexity index is 1420. The highest BCUT2D eigenvalue weighted by Crippen LogP contribution is 2.57. The van der Waals surface area contributed by atoms with Crippen LogP contribution >= 0.6 is 0 Å². The van der Waals surface area contributed by atoms with Crippen LogP contribution in [0.4, 0.5) is 0 Å². The topological polar surface area (TPSA) is 0 Å². The van der Waals surface area contributed by atoms with Gasteiger partial charge in [0.15, 0.2) is 0 Å². The zero-order valence-electron chi connectivity index (χ0n) is 16.8. The van der Waals surface area contributed by atoms with Crippen LogP contribution in [0.2, 0.25) is 0 Å². The summed E-state index contributed by atoms with van der Waals surface area (Å²) in [5, 5.41) is 2.93. The van der Waals surface area contributed by atoms with Crippen molar-refractivity contribution >= 4 is 11.1 Å². The van der Waals surface area contributed by atoms with E-state index in [1.807, 2.05) is 0 Å². The summed E-state index contributed by atoms with van der Waals surface area (Å²) < 4.78 is 0. The summed E-state index contributed by atoms with van der Waals surface area (Å²) in [5.74, 6) is 1.08. The largest absolute Gasteiger partial charge is 0.0622 e. The smallest absolute Gasteiger partial charge is 0.0154 e. The van der Waals surface area contributed by atoms with Gasteiger partial charge in [-0.05, 0) is 67.8 Å². The summed E-state index contributed by atoms with van der Waals surface area (Å²) in [6.07, 6.45) is 2.22. The van der Waals surface area contributed by atoms with Crippen molar-refractivity contribution in [2.45, 2.75) is 18.8 Å². The van der Waals surface area contributed by atoms with E-state index in [0.717, 1.165) is 12.8 Å². The van der Waals surface area contributed by atoms with Gasteiger partial charge in [-0.25, -0.2) is 0 Å². The summed E-state index contributed by atoms with van der Waals surface area (Å²) in [6.45, 7) is 0. The van der Waals surface area contributed by atoms with Gasteiger partial charge in [-0.3, -0.25) is 0 Å². The molecule has 3 aliphatic carbocycles. The normalized spacial score (nSPS) is 19.5. The van der Waals surface area contributed by atoms with E-state index in [1.165, 1.54) is 27.1 Å². The lowest BCUT2D eigenvalue weighted by molar-refractivity contribution is 0.866. The van der Waals surface area contributed by atoms with Crippen molar-refractivity contribution in [2.75, 3.05) is 0 Å². The molecule has 0 fully saturated rings. The van der Waals surface area contributed by atoms with E-state index >= 15 is 0 Å². The zero-order chi connectivity index (χ0) is 19.7. The molecule has 2 atom stereocenters. The third kappa shape index (κ3) is 2.22. The molecule has 0 aromatic heterocycles. The molecule has 2 unspecified atom stereocenters. The molecule has 7 rings (SSSR count). The highest BCUT2D eigenvalue weighted by molar-refractivity contribution is 6.01. The van der Waals surface area contributed by atoms with E-state index in [2.05, 4.69) is 97.1 Å². The van der Waals surface area contributed by atoms with Crippen molar-refractivity contribution in [3.05, 3.63) is 141 Å². The zero-order valence-corrected chi connectivity index (χ0v) is 16.8. The van der Waals surface area contributed by atoms with Crippen molar-refractivity contribution in [2.24, 2.45) is 5.92 Å². The number of rotatable bonds is 4. The summed E-state index contributed by atoms with van der Waals surface area (Å²) in [6, 6.07) is 35.8. The van der Waals surface area contributed by atoms with Crippen LogP contribution in [0.5, 0.6) is 0 Å². The molecule has 0 aliphatic heterocycles. The van der Waals surface area contributed by atoms with E-state index in [9.17, 15) is 0 Å². The summed E-state index contributed by atoms with van der Waals surface area (Å²) in [5.41, 5.74) is 12.3. The lowest BCUT2D eigenvalue weighted by Gasteiger charge is -2.11. The van der Waals surface area contributed by atoms with Gasteiger partial charge in [-0.1, -0.05) is 97.1 Å². The Morgan fingerprint density at radius 3 is 1.73 bits per heavy atom. The second-order valence-corrected chi connectivity index (χ2v) is 8.85. The molecule has 0 N–H and O–H groups in total. The average Bonchev–Trinajstić information content (AvgIpc) is 3.28. The first-order chi connectivity index (χ1) is 14.9. The number of hydrogen-bond donors (Lipinski definition) is 0. The molecule has 0 radical (unpaired) electrons. The molecular formula is C30H22. The van der Waals surface area contributed by atoms with E-state index < -0.39 is 0 Å². The van der Waals surface area contributed by atoms with E-state index in [1.54, 1.807) is 27.8 Å². The number of benzene rings is 4. The average molecular weight is 383 g/mol. The van der Waals surface area contributed by atoms with Crippen molar-refractivity contribution in [1.29, 1.82) is 0 Å². The first-order valence-electron chi connectivity index (χ1n) is 11.0. The van der Waals surface area contributed by atoms with Crippen molar-refractivity contribution in [3.8, 4) is 0 Å². The Morgan fingerprint density at radius 1 is 0.500 bits per heavy atom. The Labute approximate surface area is 176 Å². The van der Waals surface area contributed by atoms with E-state index in [0.29, 0.717) is 11.8 Å². The molecule has 30 heavy (non-hydrogen) atoms. The molecule has 0 spiro atoms. The van der Waals surface area contributed by atoms with Gasteiger partial charge in [-0.2, -0.15) is 0 Å². The van der Waals surface area contributed by atoms with E-state index in [-0.39, 0.29) is 0 Å². The fourth-order valence-corrected chi connectivity index (χ4v) is 5.96. The maximum atomic E-state index is 2.41. The van der Waals surface area contributed by atoms with Gasteiger partial charge in [0.2, 0.25) is 0 Å². The van der Waals surface area contributed by atoms with Crippen LogP contribution in [0.15, 0.2) is 97.1 Å². The molecule has 0 heterocycles. The van der Waals surface area contributed by atoms with Gasteiger partial charge in [0.05, 0.1) is 0 Å². The molecule has 0 saturated carbocycles. The van der Waals surface area contributed by atoms with Gasteiger partial charge in [0.1, 0.15) is 0 Å². The van der Waals surface area contributed by atoms with Gasteiger partial charge in [0.25, 0.3) is 0 Å². The summed E-state index contributed by atoms with van der Waals surface area (Å²) in [7, 11) is 0. The Hall–Kier alpha value is -3.38. The van der Waals surface area contributed by atoms with Crippen LogP contribution in [0.25, 0.3) is 11.1 Å². The monoisotopic (exact) mass is 382 g/mol. The predicted molar refractivity (Wildman–Crippen MR) is 123 cm³/mol. The third-order valence-electron chi connectivity index (χ3n) is 7.25. The molecule has 0 amide bonds. The quantitative estimate of drug-likeness (QED) is 0.468. The molecular weight excluding hydrogens is 360 g/mol. The lowest BCUT2D eigenvalue weighted by atomic mass is 9.92. The molecule has 142 valence electrons. The molecule has 2 bridgehead atoms. The van der Waals surface area contributed by atoms with Crippen molar-refractivity contribution < 1.29 is 0 Å². The van der Waals surface area contributed by atoms with Gasteiger partial charge < -0.3 is 0 Å². The Kier molecular flexibility index (Phi) is 3.32. The maximum absolute atomic E-state index is 2.41. The summed E-state index contributed by atoms with van der Waals surface area (Å²) >= 11 is 0. The summed E-state index contributed by atoms with van der Waals surface area (Å²) in [4.78, 5) is 0. The number of hydrogen-bond acceptors (Lipinski definition) is 0. The number of fused-ring (bicyclic) bond motifs is 8. The Morgan fingerprint density at radius 2 is 1.07 bits per heavy atom. The van der Waals surface area contributed by atoms with Crippen LogP contribution in [0.1, 0.15) is 39.3 Å². The van der Waals surface area contributed by atoms with Gasteiger partial charge in [0, 0.05) is 11.8 Å². The Balaban J connectivity index is 1.36. The van der Waals surface area contributed by atoms with Crippen LogP contribution in [0, 0.1) is 5.92 Å². The minimum atomic E-state index is 0.490.